The Balaban J connectivity index is 4.33. The highest BCUT2D eigenvalue weighted by atomic mass is 16.5. The van der Waals surface area contributed by atoms with Crippen LogP contribution in [0.2, 0.25) is 0 Å². The molecule has 0 bridgehead atoms. The van der Waals surface area contributed by atoms with Gasteiger partial charge in [-0.25, -0.2) is 4.79 Å². The van der Waals surface area contributed by atoms with Crippen LogP contribution in [0.1, 0.15) is 251 Å². The fourth-order valence-electron chi connectivity index (χ4n) is 7.27. The van der Waals surface area contributed by atoms with Crippen molar-refractivity contribution in [1.29, 1.82) is 0 Å². The Hall–Kier alpha value is -1.89. The van der Waals surface area contributed by atoms with Crippen LogP contribution in [0.15, 0.2) is 12.2 Å². The summed E-state index contributed by atoms with van der Waals surface area (Å²) in [6.45, 7) is 4.96. The number of carboxylic acids is 1. The molecule has 0 saturated carbocycles. The van der Waals surface area contributed by atoms with Crippen LogP contribution in [-0.2, 0) is 19.1 Å². The van der Waals surface area contributed by atoms with Crippen molar-refractivity contribution in [3.8, 4) is 0 Å². The van der Waals surface area contributed by atoms with Crippen LogP contribution in [0.4, 0.5) is 0 Å². The number of carbonyl (C=O) groups excluding carboxylic acids is 2. The van der Waals surface area contributed by atoms with E-state index in [0.717, 1.165) is 70.6 Å². The van der Waals surface area contributed by atoms with Crippen molar-refractivity contribution >= 4 is 17.8 Å². The summed E-state index contributed by atoms with van der Waals surface area (Å²) in [5.74, 6) is -1.23. The van der Waals surface area contributed by atoms with Gasteiger partial charge in [0.25, 0.3) is 0 Å². The van der Waals surface area contributed by atoms with Gasteiger partial charge < -0.3 is 20.9 Å². The highest BCUT2D eigenvalue weighted by Crippen LogP contribution is 2.19. The number of amides is 1. The second-order valence-corrected chi connectivity index (χ2v) is 16.2. The minimum Gasteiger partial charge on any atom is -0.480 e. The van der Waals surface area contributed by atoms with E-state index in [4.69, 9.17) is 10.5 Å². The van der Waals surface area contributed by atoms with E-state index in [-0.39, 0.29) is 18.0 Å². The van der Waals surface area contributed by atoms with Crippen molar-refractivity contribution < 1.29 is 24.2 Å². The maximum Gasteiger partial charge on any atom is 0.326 e. The van der Waals surface area contributed by atoms with Crippen LogP contribution >= 0.6 is 0 Å². The van der Waals surface area contributed by atoms with Crippen molar-refractivity contribution in [2.24, 2.45) is 5.73 Å². The Morgan fingerprint density at radius 2 is 0.907 bits per heavy atom. The molecule has 4 N–H and O–H groups in total. The lowest BCUT2D eigenvalue weighted by molar-refractivity contribution is -0.150. The molecule has 0 aromatic heterocycles. The third-order valence-electron chi connectivity index (χ3n) is 10.8. The van der Waals surface area contributed by atoms with E-state index >= 15 is 0 Å². The Morgan fingerprint density at radius 1 is 0.519 bits per heavy atom. The summed E-state index contributed by atoms with van der Waals surface area (Å²) >= 11 is 0. The molecule has 1 amide bonds. The first kappa shape index (κ1) is 52.1. The van der Waals surface area contributed by atoms with Gasteiger partial charge >= 0.3 is 11.9 Å². The first-order valence-electron chi connectivity index (χ1n) is 23.5. The second kappa shape index (κ2) is 42.3. The number of hydrogen-bond acceptors (Lipinski definition) is 5. The maximum atomic E-state index is 12.8. The van der Waals surface area contributed by atoms with Gasteiger partial charge in [-0.15, -0.1) is 0 Å². The highest BCUT2D eigenvalue weighted by Gasteiger charge is 2.19. The van der Waals surface area contributed by atoms with Crippen molar-refractivity contribution in [1.82, 2.24) is 5.32 Å². The zero-order valence-electron chi connectivity index (χ0n) is 35.8. The lowest BCUT2D eigenvalue weighted by Gasteiger charge is -2.18. The van der Waals surface area contributed by atoms with Crippen LogP contribution in [0.3, 0.4) is 0 Å². The molecule has 54 heavy (non-hydrogen) atoms. The van der Waals surface area contributed by atoms with E-state index < -0.39 is 12.0 Å². The zero-order chi connectivity index (χ0) is 39.6. The third kappa shape index (κ3) is 38.4. The predicted molar refractivity (Wildman–Crippen MR) is 230 cm³/mol. The minimum absolute atomic E-state index is 0.00392. The standard InChI is InChI=1S/C47H90N2O5/c1-3-5-7-9-11-13-15-17-18-20-21-23-25-28-32-37-43(38-33-29-27-30-34-40-45(50)49-44(47(52)53)39-36-42-48)54-46(51)41-35-31-26-24-22-19-16-14-12-10-8-6-4-2/h20-21,43-44H,3-19,22-42,48H2,1-2H3,(H,49,50)(H,52,53)/b21-20-. The molecule has 0 fully saturated rings. The zero-order valence-corrected chi connectivity index (χ0v) is 35.8. The first-order chi connectivity index (χ1) is 26.4. The summed E-state index contributed by atoms with van der Waals surface area (Å²) in [5, 5.41) is 12.0. The van der Waals surface area contributed by atoms with Gasteiger partial charge in [-0.3, -0.25) is 9.59 Å². The molecule has 0 radical (unpaired) electrons. The summed E-state index contributed by atoms with van der Waals surface area (Å²) in [7, 11) is 0. The average molecular weight is 763 g/mol. The van der Waals surface area contributed by atoms with Gasteiger partial charge in [-0.1, -0.05) is 174 Å². The molecule has 318 valence electrons. The summed E-state index contributed by atoms with van der Waals surface area (Å²) in [4.78, 5) is 36.4. The largest absolute Gasteiger partial charge is 0.480 e. The number of hydrogen-bond donors (Lipinski definition) is 3. The maximum absolute atomic E-state index is 12.8. The Labute approximate surface area is 334 Å². The van der Waals surface area contributed by atoms with Crippen LogP contribution in [0.5, 0.6) is 0 Å². The predicted octanol–water partition coefficient (Wildman–Crippen LogP) is 13.5. The number of allylic oxidation sites excluding steroid dienone is 2. The molecule has 7 heteroatoms. The van der Waals surface area contributed by atoms with Gasteiger partial charge in [0.2, 0.25) is 5.91 Å². The number of carboxylic acid groups (broad SMARTS) is 1. The van der Waals surface area contributed by atoms with E-state index in [1.807, 2.05) is 0 Å². The van der Waals surface area contributed by atoms with Gasteiger partial charge in [0, 0.05) is 12.8 Å². The van der Waals surface area contributed by atoms with E-state index in [9.17, 15) is 19.5 Å². The number of nitrogens with one attached hydrogen (secondary N) is 1. The Morgan fingerprint density at radius 3 is 1.35 bits per heavy atom. The molecule has 0 spiro atoms. The van der Waals surface area contributed by atoms with Crippen molar-refractivity contribution in [3.05, 3.63) is 12.2 Å². The molecule has 7 nitrogen and oxygen atoms in total. The number of esters is 1. The number of aliphatic carboxylic acids is 1. The topological polar surface area (TPSA) is 119 Å². The molecule has 0 aliphatic carbocycles. The molecule has 0 aromatic rings. The molecular formula is C47H90N2O5. The van der Waals surface area contributed by atoms with Crippen LogP contribution in [-0.4, -0.2) is 41.6 Å². The minimum atomic E-state index is -1.00. The Bertz CT molecular complexity index is 863. The van der Waals surface area contributed by atoms with Gasteiger partial charge in [0.15, 0.2) is 0 Å². The molecule has 0 aliphatic rings. The summed E-state index contributed by atoms with van der Waals surface area (Å²) in [6.07, 6.45) is 46.9. The van der Waals surface area contributed by atoms with E-state index in [2.05, 4.69) is 31.3 Å². The fourth-order valence-corrected chi connectivity index (χ4v) is 7.27. The van der Waals surface area contributed by atoms with Crippen molar-refractivity contribution in [2.75, 3.05) is 6.54 Å². The number of rotatable bonds is 43. The molecular weight excluding hydrogens is 673 g/mol. The quantitative estimate of drug-likeness (QED) is 0.0323. The van der Waals surface area contributed by atoms with Crippen molar-refractivity contribution in [3.63, 3.8) is 0 Å². The summed E-state index contributed by atoms with van der Waals surface area (Å²) in [5.41, 5.74) is 5.49. The normalized spacial score (nSPS) is 12.6. The smallest absolute Gasteiger partial charge is 0.326 e. The molecule has 2 atom stereocenters. The lowest BCUT2D eigenvalue weighted by atomic mass is 10.0. The van der Waals surface area contributed by atoms with Crippen molar-refractivity contribution in [2.45, 2.75) is 264 Å². The molecule has 0 heterocycles. The summed E-state index contributed by atoms with van der Waals surface area (Å²) < 4.78 is 6.06. The van der Waals surface area contributed by atoms with Crippen LogP contribution in [0, 0.1) is 0 Å². The number of ether oxygens (including phenoxy) is 1. The van der Waals surface area contributed by atoms with Gasteiger partial charge in [0.05, 0.1) is 0 Å². The number of nitrogens with two attached hydrogens (primary N) is 1. The molecule has 0 aliphatic heterocycles. The second-order valence-electron chi connectivity index (χ2n) is 16.2. The fraction of sp³-hybridized carbons (Fsp3) is 0.894. The first-order valence-corrected chi connectivity index (χ1v) is 23.5. The highest BCUT2D eigenvalue weighted by molar-refractivity contribution is 5.83. The van der Waals surface area contributed by atoms with E-state index in [1.54, 1.807) is 0 Å². The Kier molecular flexibility index (Phi) is 40.8. The van der Waals surface area contributed by atoms with Gasteiger partial charge in [0.1, 0.15) is 12.1 Å². The van der Waals surface area contributed by atoms with E-state index in [0.29, 0.717) is 32.2 Å². The van der Waals surface area contributed by atoms with Crippen LogP contribution in [0.25, 0.3) is 0 Å². The lowest BCUT2D eigenvalue weighted by Crippen LogP contribution is -2.40. The molecule has 2 unspecified atom stereocenters. The SMILES string of the molecule is CCCCCCCCCC/C=C\CCCCCC(CCCCCCCC(=O)NC(CCCN)C(=O)O)OC(=O)CCCCCCCCCCCCCCC. The number of unbranched alkanes of at least 4 members (excludes halogenated alkanes) is 27. The average Bonchev–Trinajstić information content (AvgIpc) is 3.16. The van der Waals surface area contributed by atoms with Gasteiger partial charge in [-0.2, -0.15) is 0 Å². The molecule has 0 aromatic carbocycles. The van der Waals surface area contributed by atoms with Crippen LogP contribution < -0.4 is 11.1 Å². The number of carbonyl (C=O) groups is 3. The van der Waals surface area contributed by atoms with Gasteiger partial charge in [-0.05, 0) is 83.6 Å². The summed E-state index contributed by atoms with van der Waals surface area (Å²) in [6, 6.07) is -0.855. The molecule has 0 rings (SSSR count). The third-order valence-corrected chi connectivity index (χ3v) is 10.8. The van der Waals surface area contributed by atoms with E-state index in [1.165, 1.54) is 141 Å². The molecule has 0 saturated heterocycles. The monoisotopic (exact) mass is 763 g/mol.